The minimum absolute atomic E-state index is 0.0439. The van der Waals surface area contributed by atoms with Crippen LogP contribution in [0, 0.1) is 12.8 Å². The van der Waals surface area contributed by atoms with Gasteiger partial charge in [-0.05, 0) is 12.8 Å². The highest BCUT2D eigenvalue weighted by Gasteiger charge is 2.27. The van der Waals surface area contributed by atoms with Crippen molar-refractivity contribution in [3.63, 3.8) is 0 Å². The molecule has 0 aromatic carbocycles. The van der Waals surface area contributed by atoms with Gasteiger partial charge in [0.1, 0.15) is 0 Å². The van der Waals surface area contributed by atoms with Crippen molar-refractivity contribution in [3.8, 4) is 0 Å². The number of carbonyl (C=O) groups excluding carboxylic acids is 2. The van der Waals surface area contributed by atoms with E-state index in [0.29, 0.717) is 43.4 Å². The van der Waals surface area contributed by atoms with Crippen molar-refractivity contribution in [2.45, 2.75) is 27.3 Å². The van der Waals surface area contributed by atoms with Gasteiger partial charge in [0.15, 0.2) is 0 Å². The molecule has 0 saturated carbocycles. The number of piperazine rings is 1. The van der Waals surface area contributed by atoms with Crippen molar-refractivity contribution in [2.24, 2.45) is 5.92 Å². The van der Waals surface area contributed by atoms with Crippen LogP contribution in [0.1, 0.15) is 40.5 Å². The Hall–Kier alpha value is -2.64. The van der Waals surface area contributed by atoms with Gasteiger partial charge in [-0.3, -0.25) is 14.3 Å². The molecule has 0 radical (unpaired) electrons. The highest BCUT2D eigenvalue weighted by atomic mass is 16.5. The van der Waals surface area contributed by atoms with Gasteiger partial charge in [-0.15, -0.1) is 0 Å². The van der Waals surface area contributed by atoms with Crippen LogP contribution in [0.3, 0.4) is 0 Å². The fourth-order valence-electron chi connectivity index (χ4n) is 2.86. The minimum Gasteiger partial charge on any atom is -0.351 e. The lowest BCUT2D eigenvalue weighted by Crippen LogP contribution is -2.50. The number of amides is 2. The molecule has 2 amide bonds. The number of rotatable bonds is 4. The van der Waals surface area contributed by atoms with Crippen LogP contribution in [0.5, 0.6) is 0 Å². The molecule has 0 N–H and O–H groups in total. The lowest BCUT2D eigenvalue weighted by molar-refractivity contribution is 0.0512. The Labute approximate surface area is 146 Å². The predicted octanol–water partition coefficient (Wildman–Crippen LogP) is 1.43. The molecule has 8 nitrogen and oxygen atoms in total. The topological polar surface area (TPSA) is 84.5 Å². The van der Waals surface area contributed by atoms with E-state index in [1.54, 1.807) is 39.9 Å². The second kappa shape index (κ2) is 7.08. The number of aromatic nitrogens is 3. The maximum absolute atomic E-state index is 12.6. The minimum atomic E-state index is -0.183. The normalized spacial score (nSPS) is 15.0. The molecule has 1 aliphatic heterocycles. The van der Waals surface area contributed by atoms with E-state index < -0.39 is 0 Å². The Balaban J connectivity index is 1.57. The van der Waals surface area contributed by atoms with Gasteiger partial charge < -0.3 is 14.3 Å². The molecule has 25 heavy (non-hydrogen) atoms. The third-order valence-electron chi connectivity index (χ3n) is 4.13. The van der Waals surface area contributed by atoms with Crippen LogP contribution in [0.4, 0.5) is 0 Å². The van der Waals surface area contributed by atoms with Crippen molar-refractivity contribution >= 4 is 11.8 Å². The highest BCUT2D eigenvalue weighted by Crippen LogP contribution is 2.13. The molecule has 1 fully saturated rings. The van der Waals surface area contributed by atoms with Crippen molar-refractivity contribution in [3.05, 3.63) is 35.5 Å². The van der Waals surface area contributed by atoms with Gasteiger partial charge >= 0.3 is 0 Å². The van der Waals surface area contributed by atoms with E-state index in [0.717, 1.165) is 6.54 Å². The van der Waals surface area contributed by atoms with Crippen LogP contribution in [0.25, 0.3) is 0 Å². The number of aryl methyl sites for hydroxylation is 1. The number of nitrogens with zero attached hydrogens (tertiary/aromatic N) is 5. The summed E-state index contributed by atoms with van der Waals surface area (Å²) in [5.41, 5.74) is 1.27. The maximum Gasteiger partial charge on any atom is 0.292 e. The first-order valence-corrected chi connectivity index (χ1v) is 8.48. The summed E-state index contributed by atoms with van der Waals surface area (Å²) in [6, 6.07) is 1.63. The first-order chi connectivity index (χ1) is 11.9. The Morgan fingerprint density at radius 1 is 1.16 bits per heavy atom. The van der Waals surface area contributed by atoms with Gasteiger partial charge in [-0.1, -0.05) is 19.0 Å². The van der Waals surface area contributed by atoms with Crippen molar-refractivity contribution < 1.29 is 14.1 Å². The fourth-order valence-corrected chi connectivity index (χ4v) is 2.86. The summed E-state index contributed by atoms with van der Waals surface area (Å²) in [6.45, 7) is 8.71. The molecular weight excluding hydrogens is 322 g/mol. The number of hydrogen-bond donors (Lipinski definition) is 0. The quantitative estimate of drug-likeness (QED) is 0.837. The Morgan fingerprint density at radius 2 is 1.80 bits per heavy atom. The standard InChI is InChI=1S/C17H23N5O3/c1-12(2)10-22-11-14(9-18-22)16(23)20-4-6-21(7-5-20)17(24)15-8-13(3)19-25-15/h8-9,11-12H,4-7,10H2,1-3H3. The zero-order valence-corrected chi connectivity index (χ0v) is 14.8. The molecule has 3 rings (SSSR count). The van der Waals surface area contributed by atoms with Crippen LogP contribution in [0.2, 0.25) is 0 Å². The van der Waals surface area contributed by atoms with Gasteiger partial charge in [0, 0.05) is 45.0 Å². The lowest BCUT2D eigenvalue weighted by Gasteiger charge is -2.34. The summed E-state index contributed by atoms with van der Waals surface area (Å²) in [5.74, 6) is 0.486. The molecular formula is C17H23N5O3. The van der Waals surface area contributed by atoms with Gasteiger partial charge in [0.2, 0.25) is 5.76 Å². The van der Waals surface area contributed by atoms with Crippen LogP contribution < -0.4 is 0 Å². The smallest absolute Gasteiger partial charge is 0.292 e. The molecule has 0 spiro atoms. The average Bonchev–Trinajstić information content (AvgIpc) is 3.22. The van der Waals surface area contributed by atoms with Crippen molar-refractivity contribution in [1.82, 2.24) is 24.7 Å². The summed E-state index contributed by atoms with van der Waals surface area (Å²) in [7, 11) is 0. The molecule has 1 aliphatic rings. The van der Waals surface area contributed by atoms with E-state index >= 15 is 0 Å². The molecule has 0 aliphatic carbocycles. The van der Waals surface area contributed by atoms with E-state index in [1.807, 2.05) is 0 Å². The molecule has 1 saturated heterocycles. The van der Waals surface area contributed by atoms with Gasteiger partial charge in [0.25, 0.3) is 11.8 Å². The Bertz CT molecular complexity index is 756. The van der Waals surface area contributed by atoms with Gasteiger partial charge in [0.05, 0.1) is 17.5 Å². The highest BCUT2D eigenvalue weighted by molar-refractivity contribution is 5.94. The van der Waals surface area contributed by atoms with Crippen molar-refractivity contribution in [1.29, 1.82) is 0 Å². The summed E-state index contributed by atoms with van der Waals surface area (Å²) in [4.78, 5) is 28.4. The number of carbonyl (C=O) groups is 2. The van der Waals surface area contributed by atoms with E-state index in [-0.39, 0.29) is 17.6 Å². The fraction of sp³-hybridized carbons (Fsp3) is 0.529. The summed E-state index contributed by atoms with van der Waals surface area (Å²) >= 11 is 0. The van der Waals surface area contributed by atoms with Crippen LogP contribution in [-0.4, -0.2) is 62.7 Å². The monoisotopic (exact) mass is 345 g/mol. The largest absolute Gasteiger partial charge is 0.351 e. The SMILES string of the molecule is Cc1cc(C(=O)N2CCN(C(=O)c3cnn(CC(C)C)c3)CC2)on1. The van der Waals surface area contributed by atoms with E-state index in [9.17, 15) is 9.59 Å². The molecule has 0 unspecified atom stereocenters. The summed E-state index contributed by atoms with van der Waals surface area (Å²) < 4.78 is 6.82. The van der Waals surface area contributed by atoms with Crippen LogP contribution in [-0.2, 0) is 6.54 Å². The second-order valence-corrected chi connectivity index (χ2v) is 6.76. The van der Waals surface area contributed by atoms with Gasteiger partial charge in [-0.2, -0.15) is 5.10 Å². The lowest BCUT2D eigenvalue weighted by atomic mass is 10.2. The summed E-state index contributed by atoms with van der Waals surface area (Å²) in [5, 5.41) is 7.98. The molecule has 134 valence electrons. The molecule has 8 heteroatoms. The Morgan fingerprint density at radius 3 is 2.36 bits per heavy atom. The second-order valence-electron chi connectivity index (χ2n) is 6.76. The molecule has 0 bridgehead atoms. The maximum atomic E-state index is 12.6. The first-order valence-electron chi connectivity index (χ1n) is 8.48. The van der Waals surface area contributed by atoms with E-state index in [2.05, 4.69) is 24.1 Å². The van der Waals surface area contributed by atoms with Crippen LogP contribution >= 0.6 is 0 Å². The van der Waals surface area contributed by atoms with Crippen LogP contribution in [0.15, 0.2) is 23.0 Å². The van der Waals surface area contributed by atoms with Crippen molar-refractivity contribution in [2.75, 3.05) is 26.2 Å². The average molecular weight is 345 g/mol. The molecule has 2 aromatic heterocycles. The predicted molar refractivity (Wildman–Crippen MR) is 90.1 cm³/mol. The summed E-state index contributed by atoms with van der Waals surface area (Å²) in [6.07, 6.45) is 3.40. The first kappa shape index (κ1) is 17.2. The third kappa shape index (κ3) is 3.89. The molecule has 3 heterocycles. The zero-order chi connectivity index (χ0) is 18.0. The van der Waals surface area contributed by atoms with Gasteiger partial charge in [-0.25, -0.2) is 0 Å². The number of hydrogen-bond acceptors (Lipinski definition) is 5. The van der Waals surface area contributed by atoms with E-state index in [4.69, 9.17) is 4.52 Å². The van der Waals surface area contributed by atoms with E-state index in [1.165, 1.54) is 0 Å². The third-order valence-corrected chi connectivity index (χ3v) is 4.13. The zero-order valence-electron chi connectivity index (χ0n) is 14.8. The molecule has 0 atom stereocenters. The Kier molecular flexibility index (Phi) is 4.87. The molecule has 2 aromatic rings.